The Labute approximate surface area is 87.9 Å². The van der Waals surface area contributed by atoms with Gasteiger partial charge in [-0.1, -0.05) is 27.2 Å². The lowest BCUT2D eigenvalue weighted by atomic mass is 10.2. The molecule has 2 N–H and O–H groups in total. The molecule has 0 saturated carbocycles. The molecule has 0 aliphatic rings. The first-order valence-electron chi connectivity index (χ1n) is 5.34. The number of aliphatic hydroxyl groups excluding tert-OH is 1. The topological polar surface area (TPSA) is 49.3 Å². The third-order valence-corrected chi connectivity index (χ3v) is 1.61. The number of carbonyl (C=O) groups excluding carboxylic acids is 1. The lowest BCUT2D eigenvalue weighted by Crippen LogP contribution is -2.30. The van der Waals surface area contributed by atoms with Gasteiger partial charge < -0.3 is 10.4 Å². The molecule has 0 radical (unpaired) electrons. The van der Waals surface area contributed by atoms with Crippen molar-refractivity contribution < 1.29 is 9.90 Å². The van der Waals surface area contributed by atoms with E-state index < -0.39 is 0 Å². The van der Waals surface area contributed by atoms with E-state index in [4.69, 9.17) is 5.11 Å². The molecule has 1 amide bonds. The Morgan fingerprint density at radius 3 is 1.93 bits per heavy atom. The first-order valence-corrected chi connectivity index (χ1v) is 5.34. The second-order valence-electron chi connectivity index (χ2n) is 4.00. The maximum absolute atomic E-state index is 10.6. The second-order valence-corrected chi connectivity index (χ2v) is 4.00. The van der Waals surface area contributed by atoms with Crippen LogP contribution in [-0.2, 0) is 4.79 Å². The highest BCUT2D eigenvalue weighted by atomic mass is 16.3. The number of amides is 1. The average molecular weight is 203 g/mol. The van der Waals surface area contributed by atoms with Crippen LogP contribution >= 0.6 is 0 Å². The number of hydrogen-bond donors (Lipinski definition) is 2. The summed E-state index contributed by atoms with van der Waals surface area (Å²) >= 11 is 0. The van der Waals surface area contributed by atoms with Gasteiger partial charge in [-0.2, -0.15) is 0 Å². The first-order chi connectivity index (χ1) is 6.43. The molecular formula is C11H25NO2. The predicted molar refractivity (Wildman–Crippen MR) is 60.1 cm³/mol. The van der Waals surface area contributed by atoms with E-state index in [1.54, 1.807) is 0 Å². The minimum absolute atomic E-state index is 0.0709. The van der Waals surface area contributed by atoms with Crippen molar-refractivity contribution in [2.75, 3.05) is 6.61 Å². The molecule has 14 heavy (non-hydrogen) atoms. The van der Waals surface area contributed by atoms with Crippen LogP contribution in [0.2, 0.25) is 0 Å². The monoisotopic (exact) mass is 203 g/mol. The molecule has 0 aromatic carbocycles. The van der Waals surface area contributed by atoms with Crippen molar-refractivity contribution in [1.82, 2.24) is 5.32 Å². The fraction of sp³-hybridized carbons (Fsp3) is 0.909. The summed E-state index contributed by atoms with van der Waals surface area (Å²) in [4.78, 5) is 10.6. The summed E-state index contributed by atoms with van der Waals surface area (Å²) in [6.45, 7) is 10.3. The van der Waals surface area contributed by atoms with Crippen LogP contribution in [0.4, 0.5) is 0 Å². The summed E-state index contributed by atoms with van der Waals surface area (Å²) in [7, 11) is 0. The zero-order chi connectivity index (χ0) is 11.6. The van der Waals surface area contributed by atoms with Crippen molar-refractivity contribution in [1.29, 1.82) is 0 Å². The fourth-order valence-electron chi connectivity index (χ4n) is 0.496. The molecule has 0 aliphatic carbocycles. The van der Waals surface area contributed by atoms with Gasteiger partial charge in [0, 0.05) is 12.5 Å². The van der Waals surface area contributed by atoms with Gasteiger partial charge in [-0.25, -0.2) is 0 Å². The van der Waals surface area contributed by atoms with Crippen LogP contribution in [0.25, 0.3) is 0 Å². The Balaban J connectivity index is 0. The van der Waals surface area contributed by atoms with E-state index in [0.717, 1.165) is 5.92 Å². The number of aliphatic hydroxyl groups is 1. The number of hydrogen-bond acceptors (Lipinski definition) is 2. The standard InChI is InChI=1S/C6H13NO2.C5H12/c1-5(2)7-6(9)3-4-8;1-4-5(2)3/h5,8H,3-4H2,1-2H3,(H,7,9);5H,4H2,1-3H3. The lowest BCUT2D eigenvalue weighted by Gasteiger charge is -2.05. The maximum Gasteiger partial charge on any atom is 0.222 e. The van der Waals surface area contributed by atoms with Crippen molar-refractivity contribution in [2.24, 2.45) is 5.92 Å². The Morgan fingerprint density at radius 1 is 1.29 bits per heavy atom. The molecule has 0 unspecified atom stereocenters. The summed E-state index contributed by atoms with van der Waals surface area (Å²) in [6, 6.07) is 0.170. The van der Waals surface area contributed by atoms with Crippen LogP contribution < -0.4 is 5.32 Å². The molecule has 0 saturated heterocycles. The van der Waals surface area contributed by atoms with Gasteiger partial charge in [0.1, 0.15) is 0 Å². The van der Waals surface area contributed by atoms with Gasteiger partial charge in [-0.05, 0) is 19.8 Å². The van der Waals surface area contributed by atoms with Gasteiger partial charge >= 0.3 is 0 Å². The van der Waals surface area contributed by atoms with Crippen LogP contribution in [0.1, 0.15) is 47.5 Å². The zero-order valence-electron chi connectivity index (χ0n) is 10.1. The SMILES string of the molecule is CC(C)NC(=O)CCO.CCC(C)C. The summed E-state index contributed by atoms with van der Waals surface area (Å²) in [5, 5.41) is 10.9. The lowest BCUT2D eigenvalue weighted by molar-refractivity contribution is -0.122. The highest BCUT2D eigenvalue weighted by Crippen LogP contribution is 1.93. The molecule has 0 aliphatic heterocycles. The Morgan fingerprint density at radius 2 is 1.71 bits per heavy atom. The molecule has 0 aromatic heterocycles. The number of rotatable bonds is 4. The molecule has 0 bridgehead atoms. The van der Waals surface area contributed by atoms with Gasteiger partial charge in [-0.15, -0.1) is 0 Å². The predicted octanol–water partition coefficient (Wildman–Crippen LogP) is 1.95. The third kappa shape index (κ3) is 17.5. The fourth-order valence-corrected chi connectivity index (χ4v) is 0.496. The maximum atomic E-state index is 10.6. The summed E-state index contributed by atoms with van der Waals surface area (Å²) in [5.74, 6) is 0.794. The van der Waals surface area contributed by atoms with Crippen molar-refractivity contribution in [2.45, 2.75) is 53.5 Å². The van der Waals surface area contributed by atoms with E-state index in [0.29, 0.717) is 0 Å². The summed E-state index contributed by atoms with van der Waals surface area (Å²) in [6.07, 6.45) is 1.51. The highest BCUT2D eigenvalue weighted by molar-refractivity contribution is 5.76. The van der Waals surface area contributed by atoms with Gasteiger partial charge in [0.2, 0.25) is 5.91 Å². The number of carbonyl (C=O) groups is 1. The van der Waals surface area contributed by atoms with E-state index in [9.17, 15) is 4.79 Å². The largest absolute Gasteiger partial charge is 0.396 e. The molecular weight excluding hydrogens is 178 g/mol. The first kappa shape index (κ1) is 15.9. The van der Waals surface area contributed by atoms with Crippen LogP contribution in [0.5, 0.6) is 0 Å². The van der Waals surface area contributed by atoms with Gasteiger partial charge in [0.05, 0.1) is 6.61 Å². The molecule has 86 valence electrons. The average Bonchev–Trinajstić information content (AvgIpc) is 2.04. The number of nitrogens with one attached hydrogen (secondary N) is 1. The van der Waals surface area contributed by atoms with E-state index in [-0.39, 0.29) is 25.0 Å². The second kappa shape index (κ2) is 10.5. The van der Waals surface area contributed by atoms with Crippen LogP contribution in [0.15, 0.2) is 0 Å². The minimum atomic E-state index is -0.0903. The molecule has 3 nitrogen and oxygen atoms in total. The molecule has 0 spiro atoms. The van der Waals surface area contributed by atoms with E-state index in [2.05, 4.69) is 26.1 Å². The Hall–Kier alpha value is -0.570. The van der Waals surface area contributed by atoms with Crippen molar-refractivity contribution in [3.8, 4) is 0 Å². The molecule has 3 heteroatoms. The van der Waals surface area contributed by atoms with Crippen LogP contribution in [-0.4, -0.2) is 23.7 Å². The van der Waals surface area contributed by atoms with Crippen LogP contribution in [0, 0.1) is 5.92 Å². The summed E-state index contributed by atoms with van der Waals surface area (Å²) in [5.41, 5.74) is 0. The third-order valence-electron chi connectivity index (χ3n) is 1.61. The van der Waals surface area contributed by atoms with E-state index >= 15 is 0 Å². The van der Waals surface area contributed by atoms with Gasteiger partial charge in [0.25, 0.3) is 0 Å². The van der Waals surface area contributed by atoms with E-state index in [1.165, 1.54) is 6.42 Å². The quantitative estimate of drug-likeness (QED) is 0.733. The van der Waals surface area contributed by atoms with Crippen molar-refractivity contribution in [3.05, 3.63) is 0 Å². The van der Waals surface area contributed by atoms with Gasteiger partial charge in [0.15, 0.2) is 0 Å². The highest BCUT2D eigenvalue weighted by Gasteiger charge is 1.99. The molecule has 0 heterocycles. The Kier molecular flexibility index (Phi) is 11.9. The zero-order valence-corrected chi connectivity index (χ0v) is 10.1. The van der Waals surface area contributed by atoms with Gasteiger partial charge in [-0.3, -0.25) is 4.79 Å². The molecule has 0 rings (SSSR count). The molecule has 0 aromatic rings. The molecule has 0 atom stereocenters. The normalized spacial score (nSPS) is 9.71. The molecule has 0 fully saturated rings. The smallest absolute Gasteiger partial charge is 0.222 e. The van der Waals surface area contributed by atoms with Crippen molar-refractivity contribution in [3.63, 3.8) is 0 Å². The minimum Gasteiger partial charge on any atom is -0.396 e. The summed E-state index contributed by atoms with van der Waals surface area (Å²) < 4.78 is 0. The van der Waals surface area contributed by atoms with Crippen LogP contribution in [0.3, 0.4) is 0 Å². The van der Waals surface area contributed by atoms with Crippen molar-refractivity contribution >= 4 is 5.91 Å². The Bertz CT molecular complexity index is 133. The van der Waals surface area contributed by atoms with E-state index in [1.807, 2.05) is 13.8 Å².